The third kappa shape index (κ3) is 7.52. The van der Waals surface area contributed by atoms with Crippen molar-refractivity contribution in [1.29, 1.82) is 0 Å². The fraction of sp³-hybridized carbons (Fsp3) is 0.500. The van der Waals surface area contributed by atoms with Crippen LogP contribution >= 0.6 is 0 Å². The average Bonchev–Trinajstić information content (AvgIpc) is 2.21. The van der Waals surface area contributed by atoms with Gasteiger partial charge in [0.15, 0.2) is 0 Å². The van der Waals surface area contributed by atoms with Gasteiger partial charge < -0.3 is 14.9 Å². The van der Waals surface area contributed by atoms with E-state index >= 15 is 0 Å². The Labute approximate surface area is 83.5 Å². The summed E-state index contributed by atoms with van der Waals surface area (Å²) in [5.41, 5.74) is 0. The second-order valence-corrected chi connectivity index (χ2v) is 2.70. The minimum Gasteiger partial charge on any atom is -0.466 e. The van der Waals surface area contributed by atoms with Crippen LogP contribution in [0.5, 0.6) is 0 Å². The van der Waals surface area contributed by atoms with E-state index in [4.69, 9.17) is 5.11 Å². The highest BCUT2D eigenvalue weighted by molar-refractivity contribution is 5.82. The van der Waals surface area contributed by atoms with Crippen molar-refractivity contribution in [3.63, 3.8) is 0 Å². The lowest BCUT2D eigenvalue weighted by Gasteiger charge is -2.01. The number of ether oxygens (including phenoxy) is 1. The van der Waals surface area contributed by atoms with Crippen molar-refractivity contribution in [3.8, 4) is 0 Å². The molecule has 0 aliphatic heterocycles. The summed E-state index contributed by atoms with van der Waals surface area (Å²) in [5, 5.41) is 17.7. The number of hydrogen-bond donors (Lipinski definition) is 2. The number of methoxy groups -OCH3 is 1. The smallest absolute Gasteiger partial charge is 0.330 e. The summed E-state index contributed by atoms with van der Waals surface area (Å²) >= 11 is 0. The van der Waals surface area contributed by atoms with Gasteiger partial charge in [-0.05, 0) is 12.8 Å². The third-order valence-electron chi connectivity index (χ3n) is 1.54. The molecule has 0 spiro atoms. The summed E-state index contributed by atoms with van der Waals surface area (Å²) in [4.78, 5) is 10.6. The van der Waals surface area contributed by atoms with Crippen LogP contribution in [-0.2, 0) is 9.53 Å². The molecule has 0 saturated heterocycles. The number of hydrogen-bond acceptors (Lipinski definition) is 4. The number of allylic oxidation sites excluding steroid dienone is 2. The summed E-state index contributed by atoms with van der Waals surface area (Å²) in [6.07, 6.45) is 6.37. The molecule has 4 nitrogen and oxygen atoms in total. The molecule has 80 valence electrons. The Balaban J connectivity index is 3.70. The maximum absolute atomic E-state index is 10.6. The van der Waals surface area contributed by atoms with Gasteiger partial charge in [-0.25, -0.2) is 4.79 Å². The predicted octanol–water partition coefficient (Wildman–Crippen LogP) is 0.405. The van der Waals surface area contributed by atoms with Gasteiger partial charge in [-0.2, -0.15) is 0 Å². The number of carbonyl (C=O) groups excluding carboxylic acids is 1. The monoisotopic (exact) mass is 200 g/mol. The van der Waals surface area contributed by atoms with Crippen LogP contribution in [0, 0.1) is 0 Å². The first-order chi connectivity index (χ1) is 6.70. The van der Waals surface area contributed by atoms with Gasteiger partial charge >= 0.3 is 5.97 Å². The van der Waals surface area contributed by atoms with Crippen LogP contribution in [0.3, 0.4) is 0 Å². The van der Waals surface area contributed by atoms with Crippen molar-refractivity contribution in [2.45, 2.75) is 18.9 Å². The summed E-state index contributed by atoms with van der Waals surface area (Å²) < 4.78 is 4.37. The van der Waals surface area contributed by atoms with Crippen molar-refractivity contribution in [2.24, 2.45) is 0 Å². The SMILES string of the molecule is COC(=O)/C=C/C=C/[C@@H](O)CCCO. The maximum Gasteiger partial charge on any atom is 0.330 e. The number of aliphatic hydroxyl groups is 2. The van der Waals surface area contributed by atoms with E-state index in [0.29, 0.717) is 12.8 Å². The molecule has 0 unspecified atom stereocenters. The van der Waals surface area contributed by atoms with Gasteiger partial charge in [0.05, 0.1) is 13.2 Å². The molecule has 0 aliphatic rings. The van der Waals surface area contributed by atoms with E-state index in [-0.39, 0.29) is 6.61 Å². The first-order valence-corrected chi connectivity index (χ1v) is 4.42. The fourth-order valence-electron chi connectivity index (χ4n) is 0.791. The van der Waals surface area contributed by atoms with Crippen LogP contribution in [0.1, 0.15) is 12.8 Å². The van der Waals surface area contributed by atoms with Crippen LogP contribution in [0.25, 0.3) is 0 Å². The summed E-state index contributed by atoms with van der Waals surface area (Å²) in [7, 11) is 1.30. The van der Waals surface area contributed by atoms with Crippen molar-refractivity contribution < 1.29 is 19.7 Å². The minimum absolute atomic E-state index is 0.0723. The molecule has 1 atom stereocenters. The molecule has 4 heteroatoms. The predicted molar refractivity (Wildman–Crippen MR) is 52.6 cm³/mol. The molecule has 0 aromatic rings. The largest absolute Gasteiger partial charge is 0.466 e. The Bertz CT molecular complexity index is 208. The van der Waals surface area contributed by atoms with Crippen molar-refractivity contribution in [3.05, 3.63) is 24.3 Å². The van der Waals surface area contributed by atoms with Crippen LogP contribution in [0.15, 0.2) is 24.3 Å². The van der Waals surface area contributed by atoms with Crippen LogP contribution in [0.4, 0.5) is 0 Å². The van der Waals surface area contributed by atoms with Gasteiger partial charge in [-0.15, -0.1) is 0 Å². The Morgan fingerprint density at radius 2 is 2.21 bits per heavy atom. The zero-order valence-corrected chi connectivity index (χ0v) is 8.22. The highest BCUT2D eigenvalue weighted by Gasteiger charge is 1.96. The van der Waals surface area contributed by atoms with Gasteiger partial charge in [-0.1, -0.05) is 18.2 Å². The second kappa shape index (κ2) is 8.47. The molecule has 0 radical (unpaired) electrons. The maximum atomic E-state index is 10.6. The van der Waals surface area contributed by atoms with Gasteiger partial charge in [0.2, 0.25) is 0 Å². The van der Waals surface area contributed by atoms with Crippen LogP contribution in [-0.4, -0.2) is 36.0 Å². The first-order valence-electron chi connectivity index (χ1n) is 4.42. The summed E-state index contributed by atoms with van der Waals surface area (Å²) in [6.45, 7) is 0.0723. The Hall–Kier alpha value is -1.13. The Morgan fingerprint density at radius 1 is 1.50 bits per heavy atom. The molecule has 0 aromatic carbocycles. The highest BCUT2D eigenvalue weighted by atomic mass is 16.5. The summed E-state index contributed by atoms with van der Waals surface area (Å²) in [6, 6.07) is 0. The molecular weight excluding hydrogens is 184 g/mol. The lowest BCUT2D eigenvalue weighted by Crippen LogP contribution is -2.02. The van der Waals surface area contributed by atoms with Crippen LogP contribution in [0.2, 0.25) is 0 Å². The van der Waals surface area contributed by atoms with E-state index < -0.39 is 12.1 Å². The quantitative estimate of drug-likeness (QED) is 0.370. The second-order valence-electron chi connectivity index (χ2n) is 2.70. The molecule has 2 N–H and O–H groups in total. The molecular formula is C10H16O4. The zero-order valence-electron chi connectivity index (χ0n) is 8.22. The van der Waals surface area contributed by atoms with E-state index in [1.807, 2.05) is 0 Å². The number of carbonyl (C=O) groups is 1. The summed E-state index contributed by atoms with van der Waals surface area (Å²) in [5.74, 6) is -0.431. The molecule has 0 fully saturated rings. The zero-order chi connectivity index (χ0) is 10.8. The highest BCUT2D eigenvalue weighted by Crippen LogP contribution is 1.97. The van der Waals surface area contributed by atoms with E-state index in [1.54, 1.807) is 12.2 Å². The number of esters is 1. The van der Waals surface area contributed by atoms with Crippen molar-refractivity contribution in [2.75, 3.05) is 13.7 Å². The molecule has 0 heterocycles. The Kier molecular flexibility index (Phi) is 7.78. The molecule has 0 aliphatic carbocycles. The topological polar surface area (TPSA) is 66.8 Å². The van der Waals surface area contributed by atoms with E-state index in [1.165, 1.54) is 19.3 Å². The van der Waals surface area contributed by atoms with Crippen molar-refractivity contribution >= 4 is 5.97 Å². The van der Waals surface area contributed by atoms with E-state index in [9.17, 15) is 9.90 Å². The molecule has 0 saturated carbocycles. The van der Waals surface area contributed by atoms with Gasteiger partial charge in [0, 0.05) is 12.7 Å². The molecule has 0 rings (SSSR count). The first kappa shape index (κ1) is 12.9. The van der Waals surface area contributed by atoms with E-state index in [2.05, 4.69) is 4.74 Å². The minimum atomic E-state index is -0.579. The molecule has 0 aromatic heterocycles. The standard InChI is InChI=1S/C10H16O4/c1-14-10(13)7-3-2-5-9(12)6-4-8-11/h2-3,5,7,9,11-12H,4,6,8H2,1H3/b5-2+,7-3+/t9-/m1/s1. The number of rotatable bonds is 6. The molecule has 14 heavy (non-hydrogen) atoms. The Morgan fingerprint density at radius 3 is 2.79 bits per heavy atom. The fourth-order valence-corrected chi connectivity index (χ4v) is 0.791. The third-order valence-corrected chi connectivity index (χ3v) is 1.54. The average molecular weight is 200 g/mol. The van der Waals surface area contributed by atoms with Gasteiger partial charge in [0.25, 0.3) is 0 Å². The van der Waals surface area contributed by atoms with Gasteiger partial charge in [0.1, 0.15) is 0 Å². The normalized spacial score (nSPS) is 13.6. The van der Waals surface area contributed by atoms with Gasteiger partial charge in [-0.3, -0.25) is 0 Å². The lowest BCUT2D eigenvalue weighted by molar-refractivity contribution is -0.134. The molecule has 0 bridgehead atoms. The molecule has 0 amide bonds. The van der Waals surface area contributed by atoms with Crippen LogP contribution < -0.4 is 0 Å². The van der Waals surface area contributed by atoms with Crippen molar-refractivity contribution in [1.82, 2.24) is 0 Å². The van der Waals surface area contributed by atoms with E-state index in [0.717, 1.165) is 0 Å². The lowest BCUT2D eigenvalue weighted by atomic mass is 10.2. The number of aliphatic hydroxyl groups excluding tert-OH is 2.